The lowest BCUT2D eigenvalue weighted by Crippen LogP contribution is -1.99. The maximum absolute atomic E-state index is 13.3. The van der Waals surface area contributed by atoms with Gasteiger partial charge in [0.05, 0.1) is 5.38 Å². The second-order valence-corrected chi connectivity index (χ2v) is 5.19. The first-order chi connectivity index (χ1) is 8.56. The summed E-state index contributed by atoms with van der Waals surface area (Å²) >= 11 is 6.39. The van der Waals surface area contributed by atoms with Crippen LogP contribution in [0.15, 0.2) is 42.5 Å². The summed E-state index contributed by atoms with van der Waals surface area (Å²) in [6.45, 7) is 3.94. The molecule has 2 aromatic carbocycles. The number of rotatable bonds is 3. The molecule has 0 aliphatic heterocycles. The third-order valence-electron chi connectivity index (χ3n) is 3.09. The molecule has 0 fully saturated rings. The van der Waals surface area contributed by atoms with Gasteiger partial charge in [-0.1, -0.05) is 30.3 Å². The Morgan fingerprint density at radius 1 is 1.11 bits per heavy atom. The van der Waals surface area contributed by atoms with Gasteiger partial charge < -0.3 is 0 Å². The lowest BCUT2D eigenvalue weighted by Gasteiger charge is -2.13. The van der Waals surface area contributed by atoms with E-state index in [2.05, 4.69) is 19.1 Å². The molecule has 0 N–H and O–H groups in total. The summed E-state index contributed by atoms with van der Waals surface area (Å²) in [6, 6.07) is 13.1. The highest BCUT2D eigenvalue weighted by molar-refractivity contribution is 6.20. The van der Waals surface area contributed by atoms with Crippen molar-refractivity contribution in [3.8, 4) is 0 Å². The molecule has 1 atom stereocenters. The standard InChI is InChI=1S/C16H16ClF/c1-11-7-14(9-15(18)8-11)16(17)10-13-6-4-3-5-12(13)2/h3-9,16H,10H2,1-2H3. The van der Waals surface area contributed by atoms with Crippen LogP contribution >= 0.6 is 11.6 Å². The average Bonchev–Trinajstić information content (AvgIpc) is 2.31. The zero-order valence-corrected chi connectivity index (χ0v) is 11.3. The zero-order valence-electron chi connectivity index (χ0n) is 10.6. The van der Waals surface area contributed by atoms with Crippen molar-refractivity contribution in [2.45, 2.75) is 25.6 Å². The fourth-order valence-corrected chi connectivity index (χ4v) is 2.39. The lowest BCUT2D eigenvalue weighted by molar-refractivity contribution is 0.623. The van der Waals surface area contributed by atoms with Gasteiger partial charge in [0.25, 0.3) is 0 Å². The molecule has 0 nitrogen and oxygen atoms in total. The number of alkyl halides is 1. The summed E-state index contributed by atoms with van der Waals surface area (Å²) < 4.78 is 13.3. The number of hydrogen-bond acceptors (Lipinski definition) is 0. The Bertz CT molecular complexity index is 528. The van der Waals surface area contributed by atoms with E-state index in [0.717, 1.165) is 17.5 Å². The van der Waals surface area contributed by atoms with Gasteiger partial charge in [0.2, 0.25) is 0 Å². The second-order valence-electron chi connectivity index (χ2n) is 4.66. The molecule has 0 saturated heterocycles. The van der Waals surface area contributed by atoms with Gasteiger partial charge in [0.1, 0.15) is 5.82 Å². The minimum Gasteiger partial charge on any atom is -0.207 e. The minimum atomic E-state index is -0.222. The molecule has 0 bridgehead atoms. The summed E-state index contributed by atoms with van der Waals surface area (Å²) in [5, 5.41) is -0.194. The van der Waals surface area contributed by atoms with E-state index >= 15 is 0 Å². The Morgan fingerprint density at radius 3 is 2.50 bits per heavy atom. The van der Waals surface area contributed by atoms with E-state index < -0.39 is 0 Å². The van der Waals surface area contributed by atoms with Gasteiger partial charge >= 0.3 is 0 Å². The minimum absolute atomic E-state index is 0.194. The molecule has 0 spiro atoms. The van der Waals surface area contributed by atoms with Crippen LogP contribution in [0.3, 0.4) is 0 Å². The smallest absolute Gasteiger partial charge is 0.123 e. The van der Waals surface area contributed by atoms with Crippen LogP contribution in [0, 0.1) is 19.7 Å². The largest absolute Gasteiger partial charge is 0.207 e. The molecule has 94 valence electrons. The Morgan fingerprint density at radius 2 is 1.83 bits per heavy atom. The Hall–Kier alpha value is -1.34. The van der Waals surface area contributed by atoms with E-state index in [1.54, 1.807) is 0 Å². The van der Waals surface area contributed by atoms with Crippen LogP contribution in [-0.4, -0.2) is 0 Å². The van der Waals surface area contributed by atoms with Crippen molar-refractivity contribution in [1.29, 1.82) is 0 Å². The normalized spacial score (nSPS) is 12.4. The molecular formula is C16H16ClF. The fourth-order valence-electron chi connectivity index (χ4n) is 2.10. The van der Waals surface area contributed by atoms with Gasteiger partial charge in [0, 0.05) is 0 Å². The zero-order chi connectivity index (χ0) is 13.1. The second kappa shape index (κ2) is 5.53. The number of benzene rings is 2. The molecule has 2 aromatic rings. The van der Waals surface area contributed by atoms with Gasteiger partial charge in [0.15, 0.2) is 0 Å². The Labute approximate surface area is 112 Å². The van der Waals surface area contributed by atoms with E-state index in [-0.39, 0.29) is 11.2 Å². The summed E-state index contributed by atoms with van der Waals surface area (Å²) in [7, 11) is 0. The lowest BCUT2D eigenvalue weighted by atomic mass is 9.99. The van der Waals surface area contributed by atoms with Crippen molar-refractivity contribution in [2.75, 3.05) is 0 Å². The van der Waals surface area contributed by atoms with Crippen LogP contribution in [0.5, 0.6) is 0 Å². The number of hydrogen-bond donors (Lipinski definition) is 0. The maximum atomic E-state index is 13.3. The molecule has 2 heteroatoms. The van der Waals surface area contributed by atoms with E-state index in [9.17, 15) is 4.39 Å². The van der Waals surface area contributed by atoms with Crippen molar-refractivity contribution in [3.63, 3.8) is 0 Å². The SMILES string of the molecule is Cc1cc(F)cc(C(Cl)Cc2ccccc2C)c1. The van der Waals surface area contributed by atoms with E-state index in [1.165, 1.54) is 23.3 Å². The molecule has 0 aliphatic rings. The van der Waals surface area contributed by atoms with Crippen molar-refractivity contribution in [2.24, 2.45) is 0 Å². The van der Waals surface area contributed by atoms with Crippen molar-refractivity contribution >= 4 is 11.6 Å². The van der Waals surface area contributed by atoms with Crippen LogP contribution in [-0.2, 0) is 6.42 Å². The Kier molecular flexibility index (Phi) is 4.03. The summed E-state index contributed by atoms with van der Waals surface area (Å²) in [6.07, 6.45) is 0.719. The molecule has 1 unspecified atom stereocenters. The van der Waals surface area contributed by atoms with Crippen molar-refractivity contribution in [1.82, 2.24) is 0 Å². The fraction of sp³-hybridized carbons (Fsp3) is 0.250. The van der Waals surface area contributed by atoms with Gasteiger partial charge in [-0.2, -0.15) is 0 Å². The summed E-state index contributed by atoms with van der Waals surface area (Å²) in [5.74, 6) is -0.222. The van der Waals surface area contributed by atoms with Crippen molar-refractivity contribution in [3.05, 3.63) is 70.5 Å². The molecular weight excluding hydrogens is 247 g/mol. The van der Waals surface area contributed by atoms with Gasteiger partial charge in [-0.05, 0) is 54.7 Å². The van der Waals surface area contributed by atoms with Gasteiger partial charge in [-0.3, -0.25) is 0 Å². The van der Waals surface area contributed by atoms with Crippen LogP contribution in [0.1, 0.15) is 27.6 Å². The van der Waals surface area contributed by atoms with Crippen LogP contribution < -0.4 is 0 Å². The molecule has 2 rings (SSSR count). The van der Waals surface area contributed by atoms with E-state index in [0.29, 0.717) is 0 Å². The average molecular weight is 263 g/mol. The topological polar surface area (TPSA) is 0 Å². The maximum Gasteiger partial charge on any atom is 0.123 e. The highest BCUT2D eigenvalue weighted by atomic mass is 35.5. The molecule has 0 aliphatic carbocycles. The highest BCUT2D eigenvalue weighted by Gasteiger charge is 2.11. The van der Waals surface area contributed by atoms with E-state index in [4.69, 9.17) is 11.6 Å². The first-order valence-electron chi connectivity index (χ1n) is 6.02. The third kappa shape index (κ3) is 3.11. The first-order valence-corrected chi connectivity index (χ1v) is 6.45. The molecule has 18 heavy (non-hydrogen) atoms. The number of aryl methyl sites for hydroxylation is 2. The number of halogens is 2. The van der Waals surface area contributed by atoms with Crippen LogP contribution in [0.4, 0.5) is 4.39 Å². The molecule has 0 amide bonds. The molecule has 0 heterocycles. The van der Waals surface area contributed by atoms with E-state index in [1.807, 2.05) is 25.1 Å². The van der Waals surface area contributed by atoms with Crippen molar-refractivity contribution < 1.29 is 4.39 Å². The molecule has 0 aromatic heterocycles. The molecule has 0 saturated carbocycles. The monoisotopic (exact) mass is 262 g/mol. The predicted molar refractivity (Wildman–Crippen MR) is 74.6 cm³/mol. The summed E-state index contributed by atoms with van der Waals surface area (Å²) in [4.78, 5) is 0. The summed E-state index contributed by atoms with van der Waals surface area (Å²) in [5.41, 5.74) is 4.17. The van der Waals surface area contributed by atoms with Crippen LogP contribution in [0.2, 0.25) is 0 Å². The predicted octanol–water partition coefficient (Wildman–Crippen LogP) is 4.97. The van der Waals surface area contributed by atoms with Gasteiger partial charge in [-0.15, -0.1) is 11.6 Å². The molecule has 0 radical (unpaired) electrons. The van der Waals surface area contributed by atoms with Gasteiger partial charge in [-0.25, -0.2) is 4.39 Å². The Balaban J connectivity index is 2.22. The first kappa shape index (κ1) is 13.1. The van der Waals surface area contributed by atoms with Crippen LogP contribution in [0.25, 0.3) is 0 Å². The third-order valence-corrected chi connectivity index (χ3v) is 3.49. The quantitative estimate of drug-likeness (QED) is 0.686. The highest BCUT2D eigenvalue weighted by Crippen LogP contribution is 2.27.